The molecule has 27 heavy (non-hydrogen) atoms. The van der Waals surface area contributed by atoms with Crippen molar-refractivity contribution in [1.29, 1.82) is 0 Å². The van der Waals surface area contributed by atoms with Gasteiger partial charge in [0.15, 0.2) is 0 Å². The van der Waals surface area contributed by atoms with Crippen molar-refractivity contribution in [2.45, 2.75) is 25.2 Å². The van der Waals surface area contributed by atoms with Crippen LogP contribution in [0.3, 0.4) is 0 Å². The van der Waals surface area contributed by atoms with Crippen LogP contribution in [-0.2, 0) is 10.0 Å². The fraction of sp³-hybridized carbons (Fsp3) is 0.444. The van der Waals surface area contributed by atoms with Gasteiger partial charge in [0.05, 0.1) is 6.61 Å². The minimum Gasteiger partial charge on any atom is -0.478 e. The molecule has 1 aromatic carbocycles. The normalized spacial score (nSPS) is 15.7. The number of aromatic nitrogens is 2. The Kier molecular flexibility index (Phi) is 5.91. The molecule has 0 unspecified atom stereocenters. The van der Waals surface area contributed by atoms with Crippen molar-refractivity contribution in [3.8, 4) is 5.88 Å². The van der Waals surface area contributed by atoms with Crippen molar-refractivity contribution in [2.24, 2.45) is 0 Å². The van der Waals surface area contributed by atoms with E-state index >= 15 is 0 Å². The van der Waals surface area contributed by atoms with Gasteiger partial charge in [0.1, 0.15) is 22.4 Å². The predicted molar refractivity (Wildman–Crippen MR) is 99.9 cm³/mol. The van der Waals surface area contributed by atoms with Gasteiger partial charge in [-0.15, -0.1) is 0 Å². The molecule has 1 aromatic heterocycles. The highest BCUT2D eigenvalue weighted by Gasteiger charge is 2.31. The number of ether oxygens (including phenoxy) is 1. The van der Waals surface area contributed by atoms with E-state index in [9.17, 15) is 12.8 Å². The molecule has 146 valence electrons. The third-order valence-corrected chi connectivity index (χ3v) is 6.20. The Hall–Kier alpha value is -2.26. The molecule has 0 radical (unpaired) electrons. The summed E-state index contributed by atoms with van der Waals surface area (Å²) in [4.78, 5) is 10.4. The molecule has 3 rings (SSSR count). The molecule has 0 saturated carbocycles. The number of hydrogen-bond donors (Lipinski definition) is 0. The summed E-state index contributed by atoms with van der Waals surface area (Å²) in [5, 5.41) is 0. The lowest BCUT2D eigenvalue weighted by molar-refractivity contribution is 0.303. The van der Waals surface area contributed by atoms with E-state index in [0.717, 1.165) is 12.5 Å². The molecule has 0 atom stereocenters. The third kappa shape index (κ3) is 4.36. The van der Waals surface area contributed by atoms with E-state index < -0.39 is 15.8 Å². The average molecular weight is 394 g/mol. The summed E-state index contributed by atoms with van der Waals surface area (Å²) in [7, 11) is -3.85. The molecule has 1 fully saturated rings. The van der Waals surface area contributed by atoms with Gasteiger partial charge in [-0.3, -0.25) is 0 Å². The monoisotopic (exact) mass is 394 g/mol. The summed E-state index contributed by atoms with van der Waals surface area (Å²) in [6.07, 6.45) is 0.880. The largest absolute Gasteiger partial charge is 0.478 e. The summed E-state index contributed by atoms with van der Waals surface area (Å²) in [6.45, 7) is 5.81. The lowest BCUT2D eigenvalue weighted by Gasteiger charge is -2.34. The van der Waals surface area contributed by atoms with Gasteiger partial charge in [0.25, 0.3) is 0 Å². The van der Waals surface area contributed by atoms with E-state index in [0.29, 0.717) is 37.2 Å². The van der Waals surface area contributed by atoms with Crippen LogP contribution in [0.25, 0.3) is 0 Å². The number of benzene rings is 1. The van der Waals surface area contributed by atoms with Crippen molar-refractivity contribution in [3.05, 3.63) is 42.0 Å². The van der Waals surface area contributed by atoms with Crippen molar-refractivity contribution in [2.75, 3.05) is 37.7 Å². The van der Waals surface area contributed by atoms with E-state index in [2.05, 4.69) is 9.97 Å². The molecule has 1 saturated heterocycles. The maximum atomic E-state index is 13.9. The van der Waals surface area contributed by atoms with Gasteiger partial charge < -0.3 is 9.64 Å². The lowest BCUT2D eigenvalue weighted by Crippen LogP contribution is -2.49. The molecule has 0 N–H and O–H groups in total. The van der Waals surface area contributed by atoms with Crippen molar-refractivity contribution in [3.63, 3.8) is 0 Å². The van der Waals surface area contributed by atoms with Crippen LogP contribution in [0.2, 0.25) is 0 Å². The maximum Gasteiger partial charge on any atom is 0.246 e. The van der Waals surface area contributed by atoms with Crippen molar-refractivity contribution in [1.82, 2.24) is 14.3 Å². The number of halogens is 1. The molecule has 0 amide bonds. The van der Waals surface area contributed by atoms with Crippen molar-refractivity contribution < 1.29 is 17.5 Å². The Morgan fingerprint density at radius 1 is 1.15 bits per heavy atom. The van der Waals surface area contributed by atoms with E-state index in [-0.39, 0.29) is 18.0 Å². The number of aryl methyl sites for hydroxylation is 1. The van der Waals surface area contributed by atoms with E-state index in [1.54, 1.807) is 13.0 Å². The quantitative estimate of drug-likeness (QED) is 0.748. The molecule has 7 nitrogen and oxygen atoms in total. The topological polar surface area (TPSA) is 75.6 Å². The van der Waals surface area contributed by atoms with E-state index in [1.165, 1.54) is 22.5 Å². The van der Waals surface area contributed by atoms with Crippen LogP contribution < -0.4 is 9.64 Å². The van der Waals surface area contributed by atoms with Crippen LogP contribution in [0.4, 0.5) is 10.2 Å². The molecule has 2 aromatic rings. The molecule has 0 aliphatic carbocycles. The van der Waals surface area contributed by atoms with Crippen LogP contribution in [0, 0.1) is 12.7 Å². The fourth-order valence-corrected chi connectivity index (χ4v) is 4.41. The first-order valence-corrected chi connectivity index (χ1v) is 10.3. The van der Waals surface area contributed by atoms with Crippen LogP contribution >= 0.6 is 0 Å². The number of anilines is 1. The highest BCUT2D eigenvalue weighted by Crippen LogP contribution is 2.23. The summed E-state index contributed by atoms with van der Waals surface area (Å²) in [5.41, 5.74) is 0. The second-order valence-electron chi connectivity index (χ2n) is 6.28. The molecule has 0 bridgehead atoms. The molecular formula is C18H23FN4O3S. The van der Waals surface area contributed by atoms with Crippen LogP contribution in [0.5, 0.6) is 5.88 Å². The third-order valence-electron chi connectivity index (χ3n) is 4.27. The highest BCUT2D eigenvalue weighted by atomic mass is 32.2. The number of nitrogens with zero attached hydrogens (tertiary/aromatic N) is 4. The second-order valence-corrected chi connectivity index (χ2v) is 8.19. The standard InChI is InChI=1S/C18H23FN4O3S/c1-3-12-26-18-13-17(20-14(2)21-18)22-8-10-23(11-9-22)27(24,25)16-7-5-4-6-15(16)19/h4-7,13H,3,8-12H2,1-2H3. The van der Waals surface area contributed by atoms with Crippen LogP contribution in [0.1, 0.15) is 19.2 Å². The first kappa shape index (κ1) is 19.5. The summed E-state index contributed by atoms with van der Waals surface area (Å²) >= 11 is 0. The number of hydrogen-bond acceptors (Lipinski definition) is 6. The van der Waals surface area contributed by atoms with Gasteiger partial charge in [-0.2, -0.15) is 9.29 Å². The lowest BCUT2D eigenvalue weighted by atomic mass is 10.3. The summed E-state index contributed by atoms with van der Waals surface area (Å²) in [6, 6.07) is 7.21. The van der Waals surface area contributed by atoms with Gasteiger partial charge >= 0.3 is 0 Å². The van der Waals surface area contributed by atoms with Gasteiger partial charge in [-0.25, -0.2) is 17.8 Å². The maximum absolute atomic E-state index is 13.9. The minimum absolute atomic E-state index is 0.255. The molecule has 9 heteroatoms. The van der Waals surface area contributed by atoms with Gasteiger partial charge in [-0.05, 0) is 25.5 Å². The SMILES string of the molecule is CCCOc1cc(N2CCN(S(=O)(=O)c3ccccc3F)CC2)nc(C)n1. The van der Waals surface area contributed by atoms with Gasteiger partial charge in [0, 0.05) is 32.2 Å². The van der Waals surface area contributed by atoms with Crippen molar-refractivity contribution >= 4 is 15.8 Å². The molecule has 0 spiro atoms. The molecular weight excluding hydrogens is 371 g/mol. The Morgan fingerprint density at radius 3 is 2.52 bits per heavy atom. The molecule has 2 heterocycles. The smallest absolute Gasteiger partial charge is 0.246 e. The first-order valence-electron chi connectivity index (χ1n) is 8.90. The number of sulfonamides is 1. The Labute approximate surface area is 158 Å². The van der Waals surface area contributed by atoms with E-state index in [1.807, 2.05) is 11.8 Å². The number of rotatable bonds is 6. The van der Waals surface area contributed by atoms with Gasteiger partial charge in [0.2, 0.25) is 15.9 Å². The summed E-state index contributed by atoms with van der Waals surface area (Å²) < 4.78 is 46.2. The Bertz CT molecular complexity index is 899. The van der Waals surface area contributed by atoms with E-state index in [4.69, 9.17) is 4.74 Å². The number of piperazine rings is 1. The average Bonchev–Trinajstić information content (AvgIpc) is 2.66. The second kappa shape index (κ2) is 8.18. The van der Waals surface area contributed by atoms with Crippen LogP contribution in [0.15, 0.2) is 35.2 Å². The zero-order valence-corrected chi connectivity index (χ0v) is 16.2. The predicted octanol–water partition coefficient (Wildman–Crippen LogP) is 2.22. The zero-order chi connectivity index (χ0) is 19.4. The fourth-order valence-electron chi connectivity index (χ4n) is 2.92. The Balaban J connectivity index is 1.72. The highest BCUT2D eigenvalue weighted by molar-refractivity contribution is 7.89. The first-order chi connectivity index (χ1) is 12.9. The Morgan fingerprint density at radius 2 is 1.85 bits per heavy atom. The van der Waals surface area contributed by atoms with Crippen LogP contribution in [-0.4, -0.2) is 55.5 Å². The van der Waals surface area contributed by atoms with Gasteiger partial charge in [-0.1, -0.05) is 19.1 Å². The summed E-state index contributed by atoms with van der Waals surface area (Å²) in [5.74, 6) is 1.08. The molecule has 1 aliphatic heterocycles. The zero-order valence-electron chi connectivity index (χ0n) is 15.4. The molecule has 1 aliphatic rings. The minimum atomic E-state index is -3.85.